The first kappa shape index (κ1) is 12.3. The summed E-state index contributed by atoms with van der Waals surface area (Å²) in [5.74, 6) is -0.283. The first-order chi connectivity index (χ1) is 7.50. The van der Waals surface area contributed by atoms with Crippen LogP contribution in [0.4, 0.5) is 0 Å². The van der Waals surface area contributed by atoms with Crippen LogP contribution >= 0.6 is 0 Å². The van der Waals surface area contributed by atoms with E-state index in [0.717, 1.165) is 0 Å². The van der Waals surface area contributed by atoms with Crippen LogP contribution in [0.25, 0.3) is 0 Å². The Morgan fingerprint density at radius 1 is 1.31 bits per heavy atom. The number of hydrogen-bond donors (Lipinski definition) is 4. The van der Waals surface area contributed by atoms with Gasteiger partial charge in [0, 0.05) is 6.54 Å². The summed E-state index contributed by atoms with van der Waals surface area (Å²) in [6, 6.07) is -0.931. The van der Waals surface area contributed by atoms with Gasteiger partial charge in [0.25, 0.3) is 0 Å². The third-order valence-corrected chi connectivity index (χ3v) is 2.33. The minimum absolute atomic E-state index is 0.0331. The molecule has 7 heteroatoms. The summed E-state index contributed by atoms with van der Waals surface area (Å²) < 4.78 is 0. The minimum Gasteiger partial charge on any atom is -0.370 e. The van der Waals surface area contributed by atoms with Gasteiger partial charge < -0.3 is 22.1 Å². The van der Waals surface area contributed by atoms with Crippen LogP contribution in [-0.2, 0) is 9.59 Å². The van der Waals surface area contributed by atoms with E-state index in [9.17, 15) is 9.59 Å². The molecule has 90 valence electrons. The van der Waals surface area contributed by atoms with Crippen molar-refractivity contribution in [3.8, 4) is 0 Å². The summed E-state index contributed by atoms with van der Waals surface area (Å²) in [6.45, 7) is 2.10. The summed E-state index contributed by atoms with van der Waals surface area (Å²) in [5, 5.41) is 5.23. The van der Waals surface area contributed by atoms with Crippen LogP contribution in [0.3, 0.4) is 0 Å². The second kappa shape index (κ2) is 5.34. The highest BCUT2D eigenvalue weighted by Gasteiger charge is 2.30. The standard InChI is InChI=1S/C9H17N5O2/c1-5-7(15)14-6(8(16)13-5)3-2-4-12-9(10)11/h5-6H,2-4H2,1H3,(H,13,16)(H,14,15)(H4,10,11,12)/t5-,6-/m0/s1. The molecule has 1 aliphatic rings. The van der Waals surface area contributed by atoms with Crippen molar-refractivity contribution in [2.24, 2.45) is 16.5 Å². The molecule has 0 unspecified atom stereocenters. The lowest BCUT2D eigenvalue weighted by Crippen LogP contribution is -2.60. The Hall–Kier alpha value is -1.79. The molecule has 0 bridgehead atoms. The Balaban J connectivity index is 2.34. The maximum Gasteiger partial charge on any atom is 0.243 e. The summed E-state index contributed by atoms with van der Waals surface area (Å²) in [7, 11) is 0. The molecule has 1 fully saturated rings. The average Bonchev–Trinajstić information content (AvgIpc) is 2.19. The lowest BCUT2D eigenvalue weighted by Gasteiger charge is -2.27. The third-order valence-electron chi connectivity index (χ3n) is 2.33. The second-order valence-electron chi connectivity index (χ2n) is 3.74. The fourth-order valence-electron chi connectivity index (χ4n) is 1.45. The van der Waals surface area contributed by atoms with E-state index in [2.05, 4.69) is 15.6 Å². The van der Waals surface area contributed by atoms with Gasteiger partial charge in [-0.1, -0.05) is 0 Å². The monoisotopic (exact) mass is 227 g/mol. The van der Waals surface area contributed by atoms with E-state index in [1.807, 2.05) is 0 Å². The molecule has 0 aliphatic carbocycles. The van der Waals surface area contributed by atoms with E-state index in [0.29, 0.717) is 19.4 Å². The van der Waals surface area contributed by atoms with Gasteiger partial charge in [-0.3, -0.25) is 14.6 Å². The van der Waals surface area contributed by atoms with Crippen molar-refractivity contribution in [3.05, 3.63) is 0 Å². The van der Waals surface area contributed by atoms with E-state index in [1.54, 1.807) is 6.92 Å². The van der Waals surface area contributed by atoms with Crippen molar-refractivity contribution in [3.63, 3.8) is 0 Å². The number of carbonyl (C=O) groups excluding carboxylic acids is 2. The van der Waals surface area contributed by atoms with Crippen molar-refractivity contribution in [1.29, 1.82) is 0 Å². The highest BCUT2D eigenvalue weighted by Crippen LogP contribution is 2.03. The predicted octanol–water partition coefficient (Wildman–Crippen LogP) is -1.96. The Bertz CT molecular complexity index is 311. The number of amides is 2. The van der Waals surface area contributed by atoms with Gasteiger partial charge in [-0.05, 0) is 19.8 Å². The van der Waals surface area contributed by atoms with Gasteiger partial charge >= 0.3 is 0 Å². The molecule has 1 rings (SSSR count). The van der Waals surface area contributed by atoms with Crippen LogP contribution in [-0.4, -0.2) is 36.4 Å². The average molecular weight is 227 g/mol. The molecule has 7 nitrogen and oxygen atoms in total. The van der Waals surface area contributed by atoms with E-state index < -0.39 is 12.1 Å². The molecule has 1 saturated heterocycles. The van der Waals surface area contributed by atoms with Crippen molar-refractivity contribution >= 4 is 17.8 Å². The van der Waals surface area contributed by atoms with Crippen LogP contribution in [0.15, 0.2) is 4.99 Å². The predicted molar refractivity (Wildman–Crippen MR) is 59.4 cm³/mol. The zero-order valence-corrected chi connectivity index (χ0v) is 9.19. The lowest BCUT2D eigenvalue weighted by molar-refractivity contribution is -0.136. The van der Waals surface area contributed by atoms with E-state index in [-0.39, 0.29) is 17.8 Å². The minimum atomic E-state index is -0.474. The topological polar surface area (TPSA) is 123 Å². The number of piperazine rings is 1. The van der Waals surface area contributed by atoms with Crippen molar-refractivity contribution < 1.29 is 9.59 Å². The number of nitrogens with one attached hydrogen (secondary N) is 2. The Morgan fingerprint density at radius 2 is 2.00 bits per heavy atom. The molecule has 0 saturated carbocycles. The van der Waals surface area contributed by atoms with Gasteiger partial charge in [0.1, 0.15) is 12.1 Å². The van der Waals surface area contributed by atoms with E-state index >= 15 is 0 Å². The molecule has 2 atom stereocenters. The molecule has 0 aromatic carbocycles. The number of hydrogen-bond acceptors (Lipinski definition) is 3. The summed E-state index contributed by atoms with van der Waals surface area (Å²) in [4.78, 5) is 26.6. The number of rotatable bonds is 4. The normalized spacial score (nSPS) is 24.6. The number of nitrogens with zero attached hydrogens (tertiary/aromatic N) is 1. The van der Waals surface area contributed by atoms with Gasteiger partial charge in [-0.25, -0.2) is 0 Å². The maximum absolute atomic E-state index is 11.5. The summed E-state index contributed by atoms with van der Waals surface area (Å²) in [6.07, 6.45) is 1.17. The molecule has 1 aliphatic heterocycles. The molecule has 0 spiro atoms. The maximum atomic E-state index is 11.5. The number of carbonyl (C=O) groups is 2. The second-order valence-corrected chi connectivity index (χ2v) is 3.74. The molecule has 1 heterocycles. The zero-order chi connectivity index (χ0) is 12.1. The first-order valence-electron chi connectivity index (χ1n) is 5.17. The van der Waals surface area contributed by atoms with E-state index in [4.69, 9.17) is 11.5 Å². The molecule has 0 aromatic rings. The number of guanidine groups is 1. The molecule has 0 radical (unpaired) electrons. The van der Waals surface area contributed by atoms with Crippen LogP contribution in [0, 0.1) is 0 Å². The van der Waals surface area contributed by atoms with Crippen LogP contribution in [0.1, 0.15) is 19.8 Å². The lowest BCUT2D eigenvalue weighted by atomic mass is 10.1. The highest BCUT2D eigenvalue weighted by molar-refractivity contribution is 5.96. The fourth-order valence-corrected chi connectivity index (χ4v) is 1.45. The molecule has 16 heavy (non-hydrogen) atoms. The Labute approximate surface area is 93.7 Å². The first-order valence-corrected chi connectivity index (χ1v) is 5.17. The van der Waals surface area contributed by atoms with Crippen LogP contribution in [0.2, 0.25) is 0 Å². The molecular formula is C9H17N5O2. The van der Waals surface area contributed by atoms with Crippen LogP contribution < -0.4 is 22.1 Å². The van der Waals surface area contributed by atoms with Gasteiger partial charge in [0.15, 0.2) is 5.96 Å². The summed E-state index contributed by atoms with van der Waals surface area (Å²) in [5.41, 5.74) is 10.3. The van der Waals surface area contributed by atoms with Gasteiger partial charge in [0.05, 0.1) is 0 Å². The quantitative estimate of drug-likeness (QED) is 0.253. The molecule has 2 amide bonds. The van der Waals surface area contributed by atoms with Gasteiger partial charge in [0.2, 0.25) is 11.8 Å². The Morgan fingerprint density at radius 3 is 2.62 bits per heavy atom. The fraction of sp³-hybridized carbons (Fsp3) is 0.667. The largest absolute Gasteiger partial charge is 0.370 e. The SMILES string of the molecule is C[C@@H]1NC(=O)[C@H](CCCN=C(N)N)NC1=O. The van der Waals surface area contributed by atoms with Gasteiger partial charge in [-0.15, -0.1) is 0 Å². The zero-order valence-electron chi connectivity index (χ0n) is 9.19. The molecule has 6 N–H and O–H groups in total. The molecule has 0 aromatic heterocycles. The smallest absolute Gasteiger partial charge is 0.243 e. The highest BCUT2D eigenvalue weighted by atomic mass is 16.2. The summed E-state index contributed by atoms with van der Waals surface area (Å²) >= 11 is 0. The Kier molecular flexibility index (Phi) is 4.10. The van der Waals surface area contributed by atoms with Crippen molar-refractivity contribution in [2.75, 3.05) is 6.54 Å². The van der Waals surface area contributed by atoms with Crippen LogP contribution in [0.5, 0.6) is 0 Å². The van der Waals surface area contributed by atoms with Gasteiger partial charge in [-0.2, -0.15) is 0 Å². The van der Waals surface area contributed by atoms with Crippen molar-refractivity contribution in [2.45, 2.75) is 31.8 Å². The number of aliphatic imine (C=N–C) groups is 1. The molecular weight excluding hydrogens is 210 g/mol. The van der Waals surface area contributed by atoms with E-state index in [1.165, 1.54) is 0 Å². The third kappa shape index (κ3) is 3.41. The number of nitrogens with two attached hydrogens (primary N) is 2. The van der Waals surface area contributed by atoms with Crippen molar-refractivity contribution in [1.82, 2.24) is 10.6 Å².